The van der Waals surface area contributed by atoms with E-state index in [0.29, 0.717) is 5.56 Å². The Labute approximate surface area is 180 Å². The summed E-state index contributed by atoms with van der Waals surface area (Å²) >= 11 is 0. The summed E-state index contributed by atoms with van der Waals surface area (Å²) in [6.45, 7) is -0.567. The monoisotopic (exact) mass is 447 g/mol. The summed E-state index contributed by atoms with van der Waals surface area (Å²) in [5.41, 5.74) is -0.788. The summed E-state index contributed by atoms with van der Waals surface area (Å²) < 4.78 is 13.0. The van der Waals surface area contributed by atoms with Crippen molar-refractivity contribution < 1.29 is 29.9 Å². The van der Waals surface area contributed by atoms with Crippen molar-refractivity contribution in [3.05, 3.63) is 45.1 Å². The van der Waals surface area contributed by atoms with Crippen LogP contribution in [-0.2, 0) is 18.8 Å². The van der Waals surface area contributed by atoms with Crippen molar-refractivity contribution in [2.75, 3.05) is 6.61 Å². The lowest BCUT2D eigenvalue weighted by atomic mass is 9.99. The van der Waals surface area contributed by atoms with E-state index >= 15 is 0 Å². The highest BCUT2D eigenvalue weighted by molar-refractivity contribution is 5.60. The summed E-state index contributed by atoms with van der Waals surface area (Å²) in [6, 6.07) is 6.25. The molecule has 0 unspecified atom stereocenters. The Morgan fingerprint density at radius 1 is 1.03 bits per heavy atom. The van der Waals surface area contributed by atoms with E-state index in [9.17, 15) is 30.0 Å². The first kappa shape index (κ1) is 22.0. The highest BCUT2D eigenvalue weighted by Gasteiger charge is 2.44. The van der Waals surface area contributed by atoms with Gasteiger partial charge in [0, 0.05) is 19.7 Å². The zero-order valence-electron chi connectivity index (χ0n) is 17.1. The minimum atomic E-state index is -1.55. The lowest BCUT2D eigenvalue weighted by Crippen LogP contribution is -2.60. The molecule has 170 valence electrons. The fourth-order valence-corrected chi connectivity index (χ4v) is 3.30. The quantitative estimate of drug-likeness (QED) is 0.325. The van der Waals surface area contributed by atoms with E-state index in [4.69, 9.17) is 9.47 Å². The molecule has 13 heteroatoms. The van der Waals surface area contributed by atoms with Crippen LogP contribution < -0.4 is 16.0 Å². The van der Waals surface area contributed by atoms with E-state index in [1.54, 1.807) is 12.1 Å². The molecule has 1 saturated heterocycles. The van der Waals surface area contributed by atoms with Crippen molar-refractivity contribution in [1.29, 1.82) is 0 Å². The number of aryl methyl sites for hydroxylation is 1. The second-order valence-corrected chi connectivity index (χ2v) is 7.33. The van der Waals surface area contributed by atoms with Gasteiger partial charge in [-0.15, -0.1) is 0 Å². The summed E-state index contributed by atoms with van der Waals surface area (Å²) in [7, 11) is 2.85. The fourth-order valence-electron chi connectivity index (χ4n) is 3.30. The SMILES string of the molecule is Cn1nc(-c2ccc(O[C@@H]3O[C@H](CO)[C@@H](O)[C@H](O)[C@H]3O)cc2)nc2c(=O)n(C)c(=O)nc1-2. The Kier molecular flexibility index (Phi) is 5.75. The van der Waals surface area contributed by atoms with Gasteiger partial charge in [-0.05, 0) is 24.3 Å². The van der Waals surface area contributed by atoms with Crippen molar-refractivity contribution in [2.24, 2.45) is 14.1 Å². The van der Waals surface area contributed by atoms with Crippen molar-refractivity contribution in [3.63, 3.8) is 0 Å². The Morgan fingerprint density at radius 3 is 2.38 bits per heavy atom. The van der Waals surface area contributed by atoms with Gasteiger partial charge in [0.1, 0.15) is 30.2 Å². The first-order chi connectivity index (χ1) is 15.2. The molecule has 5 atom stereocenters. The molecule has 3 heterocycles. The maximum atomic E-state index is 12.4. The highest BCUT2D eigenvalue weighted by atomic mass is 16.7. The minimum absolute atomic E-state index is 0.0127. The number of aromatic nitrogens is 5. The smallest absolute Gasteiger partial charge is 0.352 e. The van der Waals surface area contributed by atoms with Crippen LogP contribution in [0.2, 0.25) is 0 Å². The predicted molar refractivity (Wildman–Crippen MR) is 107 cm³/mol. The second kappa shape index (κ2) is 8.37. The van der Waals surface area contributed by atoms with Gasteiger partial charge in [0.05, 0.1) is 6.61 Å². The van der Waals surface area contributed by atoms with Gasteiger partial charge in [-0.1, -0.05) is 0 Å². The third kappa shape index (κ3) is 3.76. The number of hydrogen-bond donors (Lipinski definition) is 4. The number of benzene rings is 1. The number of aliphatic hydroxyl groups excluding tert-OH is 4. The van der Waals surface area contributed by atoms with Crippen LogP contribution in [0.25, 0.3) is 22.9 Å². The van der Waals surface area contributed by atoms with Crippen LogP contribution in [0.1, 0.15) is 0 Å². The first-order valence-corrected chi connectivity index (χ1v) is 9.61. The summed E-state index contributed by atoms with van der Waals surface area (Å²) in [5.74, 6) is 0.526. The molecule has 4 N–H and O–H groups in total. The molecule has 3 aliphatic rings. The third-order valence-electron chi connectivity index (χ3n) is 5.19. The molecule has 1 fully saturated rings. The number of nitrogens with zero attached hydrogens (tertiary/aromatic N) is 5. The summed E-state index contributed by atoms with van der Waals surface area (Å²) in [6.07, 6.45) is -6.98. The van der Waals surface area contributed by atoms with Gasteiger partial charge in [-0.2, -0.15) is 10.1 Å². The van der Waals surface area contributed by atoms with Gasteiger partial charge in [-0.3, -0.25) is 9.36 Å². The topological polar surface area (TPSA) is 182 Å². The number of fused-ring (bicyclic) bond motifs is 1. The van der Waals surface area contributed by atoms with Crippen LogP contribution in [-0.4, -0.2) is 82.1 Å². The standard InChI is InChI=1S/C19H21N5O8/c1-23-17(29)11-16(21-19(23)30)24(2)22-15(20-11)8-3-5-9(6-4-8)31-18-14(28)13(27)12(26)10(7-25)32-18/h3-6,10,12-14,18,25-28H,7H2,1-2H3/t10-,12-,13+,14-,18-/m1/s1. The maximum absolute atomic E-state index is 12.4. The van der Waals surface area contributed by atoms with Crippen LogP contribution in [0.4, 0.5) is 0 Å². The minimum Gasteiger partial charge on any atom is -0.462 e. The summed E-state index contributed by atoms with van der Waals surface area (Å²) in [5, 5.41) is 43.3. The second-order valence-electron chi connectivity index (χ2n) is 7.33. The Morgan fingerprint density at radius 2 is 1.72 bits per heavy atom. The summed E-state index contributed by atoms with van der Waals surface area (Å²) in [4.78, 5) is 32.2. The molecule has 4 rings (SSSR count). The molecule has 3 aliphatic heterocycles. The van der Waals surface area contributed by atoms with Gasteiger partial charge >= 0.3 is 5.69 Å². The normalized spacial score (nSPS) is 25.8. The lowest BCUT2D eigenvalue weighted by Gasteiger charge is -2.39. The Bertz CT molecular complexity index is 1210. The molecule has 0 aromatic heterocycles. The molecule has 0 bridgehead atoms. The molecule has 32 heavy (non-hydrogen) atoms. The highest BCUT2D eigenvalue weighted by Crippen LogP contribution is 2.26. The largest absolute Gasteiger partial charge is 0.462 e. The van der Waals surface area contributed by atoms with Crippen molar-refractivity contribution in [1.82, 2.24) is 24.3 Å². The van der Waals surface area contributed by atoms with E-state index in [1.807, 2.05) is 0 Å². The molecule has 0 aliphatic carbocycles. The number of hydrogen-bond acceptors (Lipinski definition) is 11. The maximum Gasteiger partial charge on any atom is 0.352 e. The van der Waals surface area contributed by atoms with E-state index < -0.39 is 48.6 Å². The van der Waals surface area contributed by atoms with Crippen LogP contribution in [0.5, 0.6) is 5.75 Å². The Balaban J connectivity index is 1.61. The predicted octanol–water partition coefficient (Wildman–Crippen LogP) is -2.78. The molecule has 1 aromatic rings. The van der Waals surface area contributed by atoms with Crippen LogP contribution in [0.3, 0.4) is 0 Å². The lowest BCUT2D eigenvalue weighted by molar-refractivity contribution is -0.277. The van der Waals surface area contributed by atoms with E-state index in [1.165, 1.54) is 30.9 Å². The molecular formula is C19H21N5O8. The van der Waals surface area contributed by atoms with Crippen molar-refractivity contribution in [2.45, 2.75) is 30.7 Å². The number of rotatable bonds is 4. The molecule has 0 spiro atoms. The Hall–Kier alpha value is -3.23. The molecule has 13 nitrogen and oxygen atoms in total. The van der Waals surface area contributed by atoms with E-state index in [0.717, 1.165) is 4.57 Å². The molecule has 1 aromatic carbocycles. The number of ether oxygens (including phenoxy) is 2. The first-order valence-electron chi connectivity index (χ1n) is 9.61. The van der Waals surface area contributed by atoms with Crippen molar-refractivity contribution in [3.8, 4) is 28.7 Å². The molecule has 0 amide bonds. The average molecular weight is 447 g/mol. The van der Waals surface area contributed by atoms with Gasteiger partial charge in [0.25, 0.3) is 5.56 Å². The zero-order chi connectivity index (χ0) is 23.2. The van der Waals surface area contributed by atoms with Crippen molar-refractivity contribution >= 4 is 0 Å². The number of aliphatic hydroxyl groups is 4. The third-order valence-corrected chi connectivity index (χ3v) is 5.19. The molecule has 0 saturated carbocycles. The zero-order valence-corrected chi connectivity index (χ0v) is 17.1. The van der Waals surface area contributed by atoms with E-state index in [2.05, 4.69) is 15.1 Å². The van der Waals surface area contributed by atoms with Gasteiger partial charge < -0.3 is 29.9 Å². The molecular weight excluding hydrogens is 426 g/mol. The van der Waals surface area contributed by atoms with Crippen LogP contribution in [0, 0.1) is 0 Å². The van der Waals surface area contributed by atoms with Gasteiger partial charge in [0.15, 0.2) is 17.3 Å². The van der Waals surface area contributed by atoms with Gasteiger partial charge in [0.2, 0.25) is 6.29 Å². The van der Waals surface area contributed by atoms with Gasteiger partial charge in [-0.25, -0.2) is 14.5 Å². The van der Waals surface area contributed by atoms with E-state index in [-0.39, 0.29) is 23.1 Å². The fraction of sp³-hybridized carbons (Fsp3) is 0.421. The van der Waals surface area contributed by atoms with Crippen LogP contribution in [0.15, 0.2) is 33.9 Å². The van der Waals surface area contributed by atoms with Crippen LogP contribution >= 0.6 is 0 Å². The average Bonchev–Trinajstić information content (AvgIpc) is 2.79. The molecule has 0 radical (unpaired) electrons.